The van der Waals surface area contributed by atoms with E-state index in [4.69, 9.17) is 5.73 Å². The van der Waals surface area contributed by atoms with Crippen LogP contribution in [0, 0.1) is 0 Å². The summed E-state index contributed by atoms with van der Waals surface area (Å²) in [5, 5.41) is 8.18. The smallest absolute Gasteiger partial charge is 0.242 e. The van der Waals surface area contributed by atoms with Crippen molar-refractivity contribution in [2.75, 3.05) is 40.0 Å². The van der Waals surface area contributed by atoms with Crippen molar-refractivity contribution in [3.05, 3.63) is 0 Å². The average Bonchev–Trinajstić information content (AvgIpc) is 2.66. The van der Waals surface area contributed by atoms with Gasteiger partial charge in [0.2, 0.25) is 17.7 Å². The molecular weight excluding hydrogens is 353 g/mol. The highest BCUT2D eigenvalue weighted by molar-refractivity contribution is 5.87. The monoisotopic (exact) mass is 389 g/mol. The van der Waals surface area contributed by atoms with Crippen molar-refractivity contribution >= 4 is 17.7 Å². The van der Waals surface area contributed by atoms with Gasteiger partial charge in [-0.2, -0.15) is 0 Å². The van der Waals surface area contributed by atoms with E-state index in [-0.39, 0.29) is 30.7 Å². The summed E-state index contributed by atoms with van der Waals surface area (Å²) in [6, 6.07) is -0.657. The summed E-state index contributed by atoms with van der Waals surface area (Å²) in [5.41, 5.74) is 5.48. The van der Waals surface area contributed by atoms with Gasteiger partial charge < -0.3 is 21.7 Å². The van der Waals surface area contributed by atoms with Gasteiger partial charge in [-0.15, -0.1) is 0 Å². The molecule has 0 saturated carbocycles. The van der Waals surface area contributed by atoms with E-state index >= 15 is 0 Å². The van der Waals surface area contributed by atoms with Gasteiger partial charge in [-0.05, 0) is 39.3 Å². The van der Waals surface area contributed by atoms with Gasteiger partial charge in [0.25, 0.3) is 0 Å². The lowest BCUT2D eigenvalue weighted by molar-refractivity contribution is -0.129. The summed E-state index contributed by atoms with van der Waals surface area (Å²) in [4.78, 5) is 37.3. The molecule has 158 valence electrons. The molecule has 1 unspecified atom stereocenters. The lowest BCUT2D eigenvalue weighted by Gasteiger charge is -2.19. The summed E-state index contributed by atoms with van der Waals surface area (Å²) < 4.78 is 12.4. The van der Waals surface area contributed by atoms with E-state index in [9.17, 15) is 18.8 Å². The fourth-order valence-electron chi connectivity index (χ4n) is 2.32. The van der Waals surface area contributed by atoms with Gasteiger partial charge in [-0.1, -0.05) is 13.3 Å². The molecule has 0 spiro atoms. The Morgan fingerprint density at radius 2 is 1.74 bits per heavy atom. The number of rotatable bonds is 16. The van der Waals surface area contributed by atoms with Crippen molar-refractivity contribution < 1.29 is 18.8 Å². The van der Waals surface area contributed by atoms with Crippen LogP contribution in [0.15, 0.2) is 0 Å². The van der Waals surface area contributed by atoms with Crippen LogP contribution in [0.5, 0.6) is 0 Å². The standard InChI is InChI=1S/C18H36FN5O3/c1-3-4-8-16(25)21-11-12-22-18(27)15(7-5-6-10-20)23-17(26)9-13-24(2)14-19/h15H,3-14,20H2,1-2H3,(H,21,25)(H,22,27)(H,23,26). The third-order valence-electron chi connectivity index (χ3n) is 4.03. The second kappa shape index (κ2) is 16.4. The number of hydrogen-bond acceptors (Lipinski definition) is 5. The molecule has 0 aromatic heterocycles. The molecule has 0 aliphatic heterocycles. The molecule has 3 amide bonds. The van der Waals surface area contributed by atoms with Crippen molar-refractivity contribution in [3.8, 4) is 0 Å². The maximum atomic E-state index is 12.4. The summed E-state index contributed by atoms with van der Waals surface area (Å²) >= 11 is 0. The van der Waals surface area contributed by atoms with Gasteiger partial charge in [0, 0.05) is 32.5 Å². The number of amides is 3. The Morgan fingerprint density at radius 1 is 1.04 bits per heavy atom. The quantitative estimate of drug-likeness (QED) is 0.223. The Bertz CT molecular complexity index is 437. The van der Waals surface area contributed by atoms with Crippen LogP contribution in [0.1, 0.15) is 51.9 Å². The zero-order chi connectivity index (χ0) is 20.5. The van der Waals surface area contributed by atoms with E-state index in [0.29, 0.717) is 38.9 Å². The Balaban J connectivity index is 4.32. The summed E-state index contributed by atoms with van der Waals surface area (Å²) in [6.07, 6.45) is 4.35. The zero-order valence-corrected chi connectivity index (χ0v) is 16.7. The van der Waals surface area contributed by atoms with Crippen LogP contribution in [0.2, 0.25) is 0 Å². The lowest BCUT2D eigenvalue weighted by atomic mass is 10.1. The Morgan fingerprint density at radius 3 is 2.37 bits per heavy atom. The Labute approximate surface area is 161 Å². The third-order valence-corrected chi connectivity index (χ3v) is 4.03. The molecule has 8 nitrogen and oxygen atoms in total. The van der Waals surface area contributed by atoms with Crippen molar-refractivity contribution in [1.82, 2.24) is 20.9 Å². The molecule has 0 aliphatic rings. The molecule has 9 heteroatoms. The SMILES string of the molecule is CCCCC(=O)NCCNC(=O)C(CCCCN)NC(=O)CCN(C)CF. The van der Waals surface area contributed by atoms with Crippen LogP contribution in [0.25, 0.3) is 0 Å². The highest BCUT2D eigenvalue weighted by Gasteiger charge is 2.20. The Kier molecular flexibility index (Phi) is 15.4. The molecule has 0 aliphatic carbocycles. The molecule has 0 aromatic rings. The highest BCUT2D eigenvalue weighted by Crippen LogP contribution is 2.02. The van der Waals surface area contributed by atoms with Crippen LogP contribution in [0.4, 0.5) is 4.39 Å². The number of nitrogens with two attached hydrogens (primary N) is 1. The minimum absolute atomic E-state index is 0.0316. The summed E-state index contributed by atoms with van der Waals surface area (Å²) in [6.45, 7) is 2.83. The van der Waals surface area contributed by atoms with Crippen LogP contribution < -0.4 is 21.7 Å². The first-order valence-electron chi connectivity index (χ1n) is 9.72. The number of alkyl halides is 1. The lowest BCUT2D eigenvalue weighted by Crippen LogP contribution is -2.48. The number of nitrogens with one attached hydrogen (secondary N) is 3. The average molecular weight is 390 g/mol. The van der Waals surface area contributed by atoms with Crippen molar-refractivity contribution in [2.24, 2.45) is 5.73 Å². The van der Waals surface area contributed by atoms with Crippen LogP contribution >= 0.6 is 0 Å². The van der Waals surface area contributed by atoms with Gasteiger partial charge in [0.15, 0.2) is 0 Å². The van der Waals surface area contributed by atoms with E-state index in [1.165, 1.54) is 4.90 Å². The number of halogens is 1. The van der Waals surface area contributed by atoms with Gasteiger partial charge in [0.05, 0.1) is 0 Å². The van der Waals surface area contributed by atoms with Gasteiger partial charge in [0.1, 0.15) is 12.8 Å². The number of hydrogen-bond donors (Lipinski definition) is 4. The number of nitrogens with zero attached hydrogens (tertiary/aromatic N) is 1. The van der Waals surface area contributed by atoms with Crippen LogP contribution in [0.3, 0.4) is 0 Å². The summed E-state index contributed by atoms with van der Waals surface area (Å²) in [5.74, 6) is -0.617. The van der Waals surface area contributed by atoms with Crippen LogP contribution in [-0.4, -0.2) is 68.7 Å². The normalized spacial score (nSPS) is 11.9. The first kappa shape index (κ1) is 25.3. The fraction of sp³-hybridized carbons (Fsp3) is 0.833. The number of carbonyl (C=O) groups is 3. The maximum Gasteiger partial charge on any atom is 0.242 e. The predicted octanol–water partition coefficient (Wildman–Crippen LogP) is 0.272. The molecule has 5 N–H and O–H groups in total. The first-order chi connectivity index (χ1) is 12.9. The van der Waals surface area contributed by atoms with Crippen molar-refractivity contribution in [2.45, 2.75) is 57.9 Å². The zero-order valence-electron chi connectivity index (χ0n) is 16.7. The maximum absolute atomic E-state index is 12.4. The van der Waals surface area contributed by atoms with Crippen molar-refractivity contribution in [1.29, 1.82) is 0 Å². The third kappa shape index (κ3) is 14.0. The van der Waals surface area contributed by atoms with E-state index in [0.717, 1.165) is 19.3 Å². The number of unbranched alkanes of at least 4 members (excludes halogenated alkanes) is 2. The second-order valence-electron chi connectivity index (χ2n) is 6.60. The predicted molar refractivity (Wildman–Crippen MR) is 104 cm³/mol. The van der Waals surface area contributed by atoms with E-state index in [1.807, 2.05) is 6.92 Å². The topological polar surface area (TPSA) is 117 Å². The Hall–Kier alpha value is -1.74. The van der Waals surface area contributed by atoms with E-state index in [2.05, 4.69) is 16.0 Å². The molecule has 1 atom stereocenters. The molecule has 0 heterocycles. The van der Waals surface area contributed by atoms with Gasteiger partial charge >= 0.3 is 0 Å². The van der Waals surface area contributed by atoms with Crippen LogP contribution in [-0.2, 0) is 14.4 Å². The van der Waals surface area contributed by atoms with E-state index in [1.54, 1.807) is 7.05 Å². The highest BCUT2D eigenvalue weighted by atomic mass is 19.1. The van der Waals surface area contributed by atoms with Gasteiger partial charge in [-0.3, -0.25) is 19.3 Å². The minimum Gasteiger partial charge on any atom is -0.354 e. The molecular formula is C18H36FN5O3. The largest absolute Gasteiger partial charge is 0.354 e. The molecule has 0 saturated heterocycles. The molecule has 0 radical (unpaired) electrons. The molecule has 0 rings (SSSR count). The molecule has 0 aromatic carbocycles. The second-order valence-corrected chi connectivity index (χ2v) is 6.60. The van der Waals surface area contributed by atoms with E-state index < -0.39 is 12.8 Å². The van der Waals surface area contributed by atoms with Gasteiger partial charge in [-0.25, -0.2) is 4.39 Å². The fourth-order valence-corrected chi connectivity index (χ4v) is 2.32. The van der Waals surface area contributed by atoms with Crippen molar-refractivity contribution in [3.63, 3.8) is 0 Å². The minimum atomic E-state index is -0.657. The first-order valence-corrected chi connectivity index (χ1v) is 9.72. The molecule has 0 bridgehead atoms. The molecule has 0 fully saturated rings. The number of carbonyl (C=O) groups excluding carboxylic acids is 3. The summed E-state index contributed by atoms with van der Waals surface area (Å²) in [7, 11) is 1.58. The molecule has 27 heavy (non-hydrogen) atoms.